The second-order valence-corrected chi connectivity index (χ2v) is 7.58. The Morgan fingerprint density at radius 1 is 1.48 bits per heavy atom. The zero-order chi connectivity index (χ0) is 16.8. The van der Waals surface area contributed by atoms with Gasteiger partial charge >= 0.3 is 0 Å². The van der Waals surface area contributed by atoms with E-state index in [2.05, 4.69) is 46.2 Å². The van der Waals surface area contributed by atoms with E-state index >= 15 is 0 Å². The van der Waals surface area contributed by atoms with E-state index in [4.69, 9.17) is 9.73 Å². The summed E-state index contributed by atoms with van der Waals surface area (Å²) in [6, 6.07) is 2.85. The third kappa shape index (κ3) is 6.08. The Labute approximate surface area is 172 Å². The van der Waals surface area contributed by atoms with Gasteiger partial charge in [0.15, 0.2) is 5.96 Å². The summed E-state index contributed by atoms with van der Waals surface area (Å²) >= 11 is 1.75. The molecule has 1 aromatic heterocycles. The van der Waals surface area contributed by atoms with Crippen molar-refractivity contribution in [3.05, 3.63) is 22.4 Å². The van der Waals surface area contributed by atoms with Crippen LogP contribution in [0.2, 0.25) is 0 Å². The van der Waals surface area contributed by atoms with Crippen molar-refractivity contribution in [2.75, 3.05) is 39.3 Å². The van der Waals surface area contributed by atoms with E-state index in [9.17, 15) is 0 Å². The van der Waals surface area contributed by atoms with Crippen LogP contribution in [0.1, 0.15) is 38.2 Å². The van der Waals surface area contributed by atoms with Crippen LogP contribution in [-0.2, 0) is 4.74 Å². The second-order valence-electron chi connectivity index (χ2n) is 6.80. The molecule has 0 aromatic carbocycles. The van der Waals surface area contributed by atoms with Crippen molar-refractivity contribution < 1.29 is 4.74 Å². The van der Waals surface area contributed by atoms with E-state index in [1.165, 1.54) is 24.9 Å². The lowest BCUT2D eigenvalue weighted by atomic mass is 10.1. The fourth-order valence-electron chi connectivity index (χ4n) is 3.45. The van der Waals surface area contributed by atoms with Gasteiger partial charge in [-0.2, -0.15) is 11.3 Å². The Balaban J connectivity index is 0.00000225. The summed E-state index contributed by atoms with van der Waals surface area (Å²) in [4.78, 5) is 7.33. The average Bonchev–Trinajstić information content (AvgIpc) is 3.27. The highest BCUT2D eigenvalue weighted by atomic mass is 127. The van der Waals surface area contributed by atoms with Crippen LogP contribution in [0.3, 0.4) is 0 Å². The highest BCUT2D eigenvalue weighted by Gasteiger charge is 2.32. The molecular weight excluding hydrogens is 447 g/mol. The van der Waals surface area contributed by atoms with Gasteiger partial charge < -0.3 is 15.4 Å². The lowest BCUT2D eigenvalue weighted by Gasteiger charge is -2.35. The van der Waals surface area contributed by atoms with Crippen LogP contribution in [0.5, 0.6) is 0 Å². The molecule has 3 unspecified atom stereocenters. The molecule has 25 heavy (non-hydrogen) atoms. The van der Waals surface area contributed by atoms with Crippen LogP contribution in [-0.4, -0.2) is 62.3 Å². The van der Waals surface area contributed by atoms with Crippen molar-refractivity contribution in [1.82, 2.24) is 15.5 Å². The van der Waals surface area contributed by atoms with Crippen molar-refractivity contribution in [2.45, 2.75) is 44.8 Å². The summed E-state index contributed by atoms with van der Waals surface area (Å²) in [6.45, 7) is 9.98. The van der Waals surface area contributed by atoms with E-state index in [0.717, 1.165) is 38.7 Å². The van der Waals surface area contributed by atoms with Crippen LogP contribution in [0, 0.1) is 0 Å². The number of guanidine groups is 1. The standard InChI is InChI=1S/C18H30N4OS.HI/c1-3-19-18(20-9-14(2)15-6-8-24-13-15)21-10-17-11-22-7-4-5-16(22)12-23-17;/h6,8,13-14,16-17H,3-5,7,9-12H2,1-2H3,(H2,19,20,21);1H. The molecule has 2 N–H and O–H groups in total. The van der Waals surface area contributed by atoms with Crippen molar-refractivity contribution in [3.63, 3.8) is 0 Å². The third-order valence-electron chi connectivity index (χ3n) is 4.94. The summed E-state index contributed by atoms with van der Waals surface area (Å²) in [7, 11) is 0. The Morgan fingerprint density at radius 3 is 3.12 bits per heavy atom. The van der Waals surface area contributed by atoms with Gasteiger partial charge in [-0.05, 0) is 48.7 Å². The van der Waals surface area contributed by atoms with Gasteiger partial charge in [-0.1, -0.05) is 6.92 Å². The molecule has 2 saturated heterocycles. The van der Waals surface area contributed by atoms with Gasteiger partial charge in [0.05, 0.1) is 12.7 Å². The molecule has 0 bridgehead atoms. The molecule has 3 heterocycles. The minimum Gasteiger partial charge on any atom is -0.373 e. The predicted molar refractivity (Wildman–Crippen MR) is 116 cm³/mol. The van der Waals surface area contributed by atoms with Crippen molar-refractivity contribution in [3.8, 4) is 0 Å². The SMILES string of the molecule is CCNC(=NCC(C)c1ccsc1)NCC1CN2CCCC2CO1.I. The molecule has 1 aromatic rings. The summed E-state index contributed by atoms with van der Waals surface area (Å²) < 4.78 is 6.02. The zero-order valence-corrected chi connectivity index (χ0v) is 18.4. The average molecular weight is 478 g/mol. The molecule has 142 valence electrons. The van der Waals surface area contributed by atoms with E-state index < -0.39 is 0 Å². The Kier molecular flexibility index (Phi) is 8.95. The normalized spacial score (nSPS) is 25.1. The van der Waals surface area contributed by atoms with E-state index in [1.54, 1.807) is 11.3 Å². The number of rotatable bonds is 6. The molecule has 7 heteroatoms. The molecule has 2 fully saturated rings. The van der Waals surface area contributed by atoms with E-state index in [0.29, 0.717) is 12.0 Å². The molecule has 0 amide bonds. The maximum Gasteiger partial charge on any atom is 0.191 e. The van der Waals surface area contributed by atoms with Crippen LogP contribution in [0.25, 0.3) is 0 Å². The number of nitrogens with zero attached hydrogens (tertiary/aromatic N) is 2. The van der Waals surface area contributed by atoms with Crippen LogP contribution in [0.15, 0.2) is 21.8 Å². The first kappa shape index (κ1) is 20.9. The number of fused-ring (bicyclic) bond motifs is 1. The number of thiophene rings is 1. The zero-order valence-electron chi connectivity index (χ0n) is 15.2. The molecule has 5 nitrogen and oxygen atoms in total. The van der Waals surface area contributed by atoms with Gasteiger partial charge in [0.25, 0.3) is 0 Å². The molecule has 0 saturated carbocycles. The smallest absolute Gasteiger partial charge is 0.191 e. The quantitative estimate of drug-likeness (QED) is 0.375. The first-order chi connectivity index (χ1) is 11.8. The summed E-state index contributed by atoms with van der Waals surface area (Å²) in [6.07, 6.45) is 2.88. The van der Waals surface area contributed by atoms with Gasteiger partial charge in [-0.15, -0.1) is 24.0 Å². The molecular formula is C18H31IN4OS. The number of aliphatic imine (C=N–C) groups is 1. The first-order valence-corrected chi connectivity index (χ1v) is 10.1. The van der Waals surface area contributed by atoms with E-state index in [-0.39, 0.29) is 30.1 Å². The maximum atomic E-state index is 6.02. The number of nitrogens with one attached hydrogen (secondary N) is 2. The Hall–Kier alpha value is -0.380. The highest BCUT2D eigenvalue weighted by molar-refractivity contribution is 14.0. The molecule has 0 aliphatic carbocycles. The summed E-state index contributed by atoms with van der Waals surface area (Å²) in [5.74, 6) is 1.34. The van der Waals surface area contributed by atoms with Gasteiger partial charge in [0.1, 0.15) is 0 Å². The first-order valence-electron chi connectivity index (χ1n) is 9.16. The van der Waals surface area contributed by atoms with Crippen molar-refractivity contribution in [2.24, 2.45) is 4.99 Å². The van der Waals surface area contributed by atoms with Gasteiger partial charge in [0, 0.05) is 38.1 Å². The Bertz CT molecular complexity index is 525. The molecule has 3 atom stereocenters. The number of hydrogen-bond donors (Lipinski definition) is 2. The predicted octanol–water partition coefficient (Wildman–Crippen LogP) is 2.89. The van der Waals surface area contributed by atoms with Gasteiger partial charge in [-0.3, -0.25) is 9.89 Å². The van der Waals surface area contributed by atoms with Crippen LogP contribution >= 0.6 is 35.3 Å². The number of halogens is 1. The third-order valence-corrected chi connectivity index (χ3v) is 5.64. The lowest BCUT2D eigenvalue weighted by Crippen LogP contribution is -2.51. The van der Waals surface area contributed by atoms with Gasteiger partial charge in [0.2, 0.25) is 0 Å². The van der Waals surface area contributed by atoms with Crippen molar-refractivity contribution in [1.29, 1.82) is 0 Å². The fourth-order valence-corrected chi connectivity index (χ4v) is 4.23. The molecule has 0 spiro atoms. The highest BCUT2D eigenvalue weighted by Crippen LogP contribution is 2.22. The largest absolute Gasteiger partial charge is 0.373 e. The van der Waals surface area contributed by atoms with Crippen molar-refractivity contribution >= 4 is 41.3 Å². The maximum absolute atomic E-state index is 6.02. The monoisotopic (exact) mass is 478 g/mol. The summed E-state index contributed by atoms with van der Waals surface area (Å²) in [5, 5.41) is 11.1. The second kappa shape index (κ2) is 10.7. The fraction of sp³-hybridized carbons (Fsp3) is 0.722. The summed E-state index contributed by atoms with van der Waals surface area (Å²) in [5.41, 5.74) is 1.37. The van der Waals surface area contributed by atoms with Crippen LogP contribution < -0.4 is 10.6 Å². The topological polar surface area (TPSA) is 48.9 Å². The molecule has 2 aliphatic heterocycles. The van der Waals surface area contributed by atoms with E-state index in [1.807, 2.05) is 0 Å². The number of morpholine rings is 1. The molecule has 2 aliphatic rings. The van der Waals surface area contributed by atoms with Gasteiger partial charge in [-0.25, -0.2) is 0 Å². The number of hydrogen-bond acceptors (Lipinski definition) is 4. The molecule has 3 rings (SSSR count). The Morgan fingerprint density at radius 2 is 2.36 bits per heavy atom. The number of ether oxygens (including phenoxy) is 1. The minimum absolute atomic E-state index is 0. The minimum atomic E-state index is 0. The molecule has 0 radical (unpaired) electrons. The van der Waals surface area contributed by atoms with Crippen LogP contribution in [0.4, 0.5) is 0 Å². The lowest BCUT2D eigenvalue weighted by molar-refractivity contribution is -0.0453.